The Morgan fingerprint density at radius 3 is 2.42 bits per heavy atom. The molecule has 4 saturated carbocycles. The van der Waals surface area contributed by atoms with E-state index < -0.39 is 32.0 Å². The van der Waals surface area contributed by atoms with E-state index >= 15 is 0 Å². The molecule has 2 aromatic heterocycles. The van der Waals surface area contributed by atoms with Gasteiger partial charge in [-0.25, -0.2) is 13.4 Å². The van der Waals surface area contributed by atoms with Gasteiger partial charge in [0.2, 0.25) is 0 Å². The number of nitrogens with zero attached hydrogens (tertiary/aromatic N) is 3. The summed E-state index contributed by atoms with van der Waals surface area (Å²) < 4.78 is 44.0. The molecular formula is C47H60ClN5O8S. The summed E-state index contributed by atoms with van der Waals surface area (Å²) in [6.07, 6.45) is 12.6. The van der Waals surface area contributed by atoms with Crippen molar-refractivity contribution >= 4 is 49.6 Å². The highest BCUT2D eigenvalue weighted by molar-refractivity contribution is 7.92. The standard InChI is InChI=1S/C32H34N4O8S.C14H22ClN.CH4/c1-3-35(4-2)23-5-7-26(30(12-23)44-24-11-22-9-10-33-31(22)34-16-24)28(37)18-45(40,41)25-6-8-29(27(13-25)36(38)39)43-17-21-14-32(15-21)19-42-20-32;1-12(2)4-3-10(6-16)11(5-12)13-7-14(15,8-13)9-13;/h5-13,16,21H,3-4,14-15,17-20H2,1-2H3,(H,33,34);3-9,16H2,1-2H3;1H4. The van der Waals surface area contributed by atoms with E-state index in [1.54, 1.807) is 41.6 Å². The number of allylic oxidation sites excluding steroid dienone is 1. The average Bonchev–Trinajstić information content (AvgIpc) is 3.63. The highest BCUT2D eigenvalue weighted by Crippen LogP contribution is 2.75. The summed E-state index contributed by atoms with van der Waals surface area (Å²) in [4.78, 5) is 34.0. The summed E-state index contributed by atoms with van der Waals surface area (Å²) in [6, 6.07) is 12.1. The first kappa shape index (κ1) is 45.5. The van der Waals surface area contributed by atoms with Crippen molar-refractivity contribution in [3.8, 4) is 17.2 Å². The molecule has 1 saturated heterocycles. The monoisotopic (exact) mass is 889 g/mol. The number of H-pyrrole nitrogens is 1. The third-order valence-electron chi connectivity index (χ3n) is 13.6. The molecule has 0 unspecified atom stereocenters. The molecule has 2 aromatic carbocycles. The van der Waals surface area contributed by atoms with Crippen molar-refractivity contribution in [2.75, 3.05) is 50.1 Å². The van der Waals surface area contributed by atoms with Gasteiger partial charge in [-0.2, -0.15) is 0 Å². The number of nitro groups is 1. The lowest BCUT2D eigenvalue weighted by atomic mass is 9.39. The topological polar surface area (TPSA) is 180 Å². The summed E-state index contributed by atoms with van der Waals surface area (Å²) >= 11 is 6.39. The fourth-order valence-corrected chi connectivity index (χ4v) is 12.2. The van der Waals surface area contributed by atoms with Gasteiger partial charge in [0.1, 0.15) is 22.9 Å². The number of alkyl halides is 1. The minimum atomic E-state index is -4.27. The Morgan fingerprint density at radius 2 is 1.79 bits per heavy atom. The predicted molar refractivity (Wildman–Crippen MR) is 242 cm³/mol. The number of aromatic amines is 1. The maximum absolute atomic E-state index is 13.6. The number of ketones is 1. The van der Waals surface area contributed by atoms with E-state index in [1.165, 1.54) is 56.9 Å². The van der Waals surface area contributed by atoms with E-state index in [9.17, 15) is 23.3 Å². The Hall–Kier alpha value is -4.50. The van der Waals surface area contributed by atoms with Crippen LogP contribution in [0.1, 0.15) is 96.8 Å². The molecule has 0 atom stereocenters. The number of sulfone groups is 1. The van der Waals surface area contributed by atoms with Crippen molar-refractivity contribution in [3.05, 3.63) is 87.7 Å². The SMILES string of the molecule is C.CC1(C)CCC(CN)=C(C23CC(Cl)(C2)C3)C1.CCN(CC)c1ccc(C(=O)CS(=O)(=O)c2ccc(OCC3CC4(COC4)C3)c([N+](=O)[O-])c2)c(Oc2cnc3[nH]ccc3c2)c1. The van der Waals surface area contributed by atoms with Gasteiger partial charge in [-0.15, -0.1) is 11.6 Å². The first-order chi connectivity index (χ1) is 29.0. The van der Waals surface area contributed by atoms with Gasteiger partial charge in [0.05, 0.1) is 41.4 Å². The van der Waals surface area contributed by atoms with Crippen molar-refractivity contribution in [2.45, 2.75) is 96.3 Å². The minimum absolute atomic E-state index is 0. The van der Waals surface area contributed by atoms with Gasteiger partial charge in [-0.3, -0.25) is 14.9 Å². The lowest BCUT2D eigenvalue weighted by molar-refractivity contribution is -0.386. The summed E-state index contributed by atoms with van der Waals surface area (Å²) in [7, 11) is -4.27. The van der Waals surface area contributed by atoms with Crippen LogP contribution >= 0.6 is 11.6 Å². The van der Waals surface area contributed by atoms with Crippen molar-refractivity contribution < 1.29 is 32.3 Å². The van der Waals surface area contributed by atoms with E-state index in [2.05, 4.69) is 28.7 Å². The third kappa shape index (κ3) is 8.98. The smallest absolute Gasteiger partial charge is 0.312 e. The number of benzene rings is 2. The zero-order valence-corrected chi connectivity index (χ0v) is 37.0. The number of nitro benzene ring substituents is 1. The summed E-state index contributed by atoms with van der Waals surface area (Å²) in [6.45, 7) is 12.8. The van der Waals surface area contributed by atoms with Crippen LogP contribution in [-0.2, 0) is 14.6 Å². The van der Waals surface area contributed by atoms with Gasteiger partial charge in [0.15, 0.2) is 21.4 Å². The highest BCUT2D eigenvalue weighted by Gasteiger charge is 2.69. The molecule has 3 heterocycles. The number of ether oxygens (including phenoxy) is 3. The predicted octanol–water partition coefficient (Wildman–Crippen LogP) is 9.82. The van der Waals surface area contributed by atoms with E-state index in [4.69, 9.17) is 31.5 Å². The van der Waals surface area contributed by atoms with Crippen LogP contribution in [0.15, 0.2) is 77.0 Å². The second kappa shape index (κ2) is 17.2. The maximum atomic E-state index is 13.6. The number of pyridine rings is 1. The molecule has 0 radical (unpaired) electrons. The average molecular weight is 891 g/mol. The zero-order chi connectivity index (χ0) is 43.4. The Morgan fingerprint density at radius 1 is 1.06 bits per heavy atom. The Labute approximate surface area is 369 Å². The van der Waals surface area contributed by atoms with Crippen molar-refractivity contribution in [1.29, 1.82) is 0 Å². The number of aromatic nitrogens is 2. The van der Waals surface area contributed by atoms with Crippen LogP contribution in [0.2, 0.25) is 0 Å². The molecule has 1 spiro atoms. The number of carbonyl (C=O) groups is 1. The number of hydrogen-bond acceptors (Lipinski definition) is 11. The van der Waals surface area contributed by atoms with E-state index in [1.807, 2.05) is 19.9 Å². The molecule has 62 heavy (non-hydrogen) atoms. The third-order valence-corrected chi connectivity index (χ3v) is 15.6. The van der Waals surface area contributed by atoms with Gasteiger partial charge in [0, 0.05) is 59.3 Å². The molecule has 5 aliphatic carbocycles. The first-order valence-electron chi connectivity index (χ1n) is 21.3. The molecule has 2 bridgehead atoms. The molecule has 4 aromatic rings. The fourth-order valence-electron chi connectivity index (χ4n) is 10.2. The van der Waals surface area contributed by atoms with Crippen LogP contribution in [0.3, 0.4) is 0 Å². The fraction of sp³-hybridized carbons (Fsp3) is 0.532. The van der Waals surface area contributed by atoms with E-state index in [-0.39, 0.29) is 45.6 Å². The number of anilines is 1. The number of halogens is 1. The molecule has 5 fully saturated rings. The van der Waals surface area contributed by atoms with Crippen LogP contribution in [0.5, 0.6) is 17.2 Å². The molecule has 1 aliphatic heterocycles. The van der Waals surface area contributed by atoms with Crippen molar-refractivity contribution in [1.82, 2.24) is 9.97 Å². The highest BCUT2D eigenvalue weighted by atomic mass is 35.5. The summed E-state index contributed by atoms with van der Waals surface area (Å²) in [5.41, 5.74) is 11.4. The van der Waals surface area contributed by atoms with E-state index in [0.717, 1.165) is 49.7 Å². The number of hydrogen-bond donors (Lipinski definition) is 2. The number of nitrogens with two attached hydrogens (primary N) is 1. The Bertz CT molecular complexity index is 2460. The van der Waals surface area contributed by atoms with Crippen molar-refractivity contribution in [3.63, 3.8) is 0 Å². The quantitative estimate of drug-likeness (QED) is 0.0381. The summed E-state index contributed by atoms with van der Waals surface area (Å²) in [5, 5.41) is 12.7. The number of rotatable bonds is 15. The number of Topliss-reactive ketones (excluding diaryl/α,β-unsaturated/α-hetero) is 1. The Kier molecular flexibility index (Phi) is 12.7. The van der Waals surface area contributed by atoms with Gasteiger partial charge >= 0.3 is 5.69 Å². The first-order valence-corrected chi connectivity index (χ1v) is 23.4. The number of carbonyl (C=O) groups excluding carboxylic acids is 1. The number of fused-ring (bicyclic) bond motifs is 1. The van der Waals surface area contributed by atoms with Crippen LogP contribution in [0, 0.1) is 32.3 Å². The van der Waals surface area contributed by atoms with Gasteiger partial charge in [0.25, 0.3) is 0 Å². The molecule has 10 rings (SSSR count). The molecule has 334 valence electrons. The zero-order valence-electron chi connectivity index (χ0n) is 35.4. The lowest BCUT2D eigenvalue weighted by Gasteiger charge is -2.70. The second-order valence-corrected chi connectivity index (χ2v) is 21.6. The molecule has 15 heteroatoms. The van der Waals surface area contributed by atoms with Crippen LogP contribution in [-0.4, -0.2) is 79.2 Å². The van der Waals surface area contributed by atoms with Crippen LogP contribution in [0.25, 0.3) is 11.0 Å². The molecular weight excluding hydrogens is 830 g/mol. The maximum Gasteiger partial charge on any atom is 0.312 e. The summed E-state index contributed by atoms with van der Waals surface area (Å²) in [5.74, 6) is -0.815. The lowest BCUT2D eigenvalue weighted by Crippen LogP contribution is -2.65. The molecule has 13 nitrogen and oxygen atoms in total. The van der Waals surface area contributed by atoms with Gasteiger partial charge in [-0.05, 0) is 118 Å². The van der Waals surface area contributed by atoms with Crippen LogP contribution < -0.4 is 20.1 Å². The Balaban J connectivity index is 0.000000283. The van der Waals surface area contributed by atoms with Gasteiger partial charge < -0.3 is 29.8 Å². The molecule has 6 aliphatic rings. The largest absolute Gasteiger partial charge is 0.487 e. The second-order valence-electron chi connectivity index (χ2n) is 18.8. The molecule has 0 amide bonds. The van der Waals surface area contributed by atoms with Crippen LogP contribution in [0.4, 0.5) is 11.4 Å². The van der Waals surface area contributed by atoms with Crippen molar-refractivity contribution in [2.24, 2.45) is 27.9 Å². The van der Waals surface area contributed by atoms with E-state index in [0.29, 0.717) is 41.9 Å². The minimum Gasteiger partial charge on any atom is -0.487 e. The van der Waals surface area contributed by atoms with Gasteiger partial charge in [-0.1, -0.05) is 32.4 Å². The normalized spacial score (nSPS) is 23.1. The molecule has 3 N–H and O–H groups in total. The number of nitrogens with one attached hydrogen (secondary N) is 1.